The van der Waals surface area contributed by atoms with Crippen LogP contribution in [0.1, 0.15) is 55.8 Å². The Kier molecular flexibility index (Phi) is 4.69. The summed E-state index contributed by atoms with van der Waals surface area (Å²) in [5.74, 6) is -0.490. The molecule has 7 heteroatoms. The Morgan fingerprint density at radius 2 is 2.04 bits per heavy atom. The maximum Gasteiger partial charge on any atom is 0.325 e. The standard InChI is InChI=1S/C21H25N3O4/c1-14-6-2-3-10-21(14)19(27)24(20(28)22-21)13-17(25)15-7-4-8-16(12-15)23-11-5-9-18(23)26/h4,7-8,12,14H,2-3,5-6,9-11,13H2,1H3,(H,22,28)/t14-,21+/m0/s1. The summed E-state index contributed by atoms with van der Waals surface area (Å²) < 4.78 is 0. The molecule has 4 rings (SSSR count). The highest BCUT2D eigenvalue weighted by Crippen LogP contribution is 2.38. The lowest BCUT2D eigenvalue weighted by atomic mass is 9.73. The van der Waals surface area contributed by atoms with Gasteiger partial charge in [0, 0.05) is 24.2 Å². The van der Waals surface area contributed by atoms with E-state index < -0.39 is 11.6 Å². The summed E-state index contributed by atoms with van der Waals surface area (Å²) in [6.07, 6.45) is 4.77. The van der Waals surface area contributed by atoms with Crippen LogP contribution in [0.3, 0.4) is 0 Å². The largest absolute Gasteiger partial charge is 0.325 e. The molecule has 0 bridgehead atoms. The SMILES string of the molecule is C[C@H]1CCCC[C@@]12NC(=O)N(CC(=O)c1cccc(N3CCCC3=O)c1)C2=O. The molecule has 1 aromatic rings. The minimum absolute atomic E-state index is 0.0481. The molecule has 2 heterocycles. The number of ketones is 1. The molecule has 4 amide bonds. The summed E-state index contributed by atoms with van der Waals surface area (Å²) in [5, 5.41) is 2.87. The molecule has 0 radical (unpaired) electrons. The van der Waals surface area contributed by atoms with Crippen molar-refractivity contribution in [3.8, 4) is 0 Å². The first-order chi connectivity index (χ1) is 13.4. The normalized spacial score (nSPS) is 27.6. The van der Waals surface area contributed by atoms with Gasteiger partial charge in [0.2, 0.25) is 5.91 Å². The third-order valence-corrected chi connectivity index (χ3v) is 6.36. The van der Waals surface area contributed by atoms with Crippen LogP contribution >= 0.6 is 0 Å². The summed E-state index contributed by atoms with van der Waals surface area (Å²) in [5.41, 5.74) is 0.220. The number of imide groups is 1. The number of benzene rings is 1. The molecule has 28 heavy (non-hydrogen) atoms. The molecule has 3 aliphatic rings. The monoisotopic (exact) mass is 383 g/mol. The lowest BCUT2D eigenvalue weighted by molar-refractivity contribution is -0.133. The van der Waals surface area contributed by atoms with Gasteiger partial charge >= 0.3 is 6.03 Å². The highest BCUT2D eigenvalue weighted by Gasteiger charge is 2.55. The third-order valence-electron chi connectivity index (χ3n) is 6.36. The predicted molar refractivity (Wildman–Crippen MR) is 103 cm³/mol. The van der Waals surface area contributed by atoms with Crippen molar-refractivity contribution in [1.82, 2.24) is 10.2 Å². The van der Waals surface area contributed by atoms with Crippen LogP contribution in [0, 0.1) is 5.92 Å². The molecule has 1 saturated carbocycles. The zero-order valence-electron chi connectivity index (χ0n) is 16.1. The van der Waals surface area contributed by atoms with Crippen LogP contribution in [-0.4, -0.2) is 47.2 Å². The highest BCUT2D eigenvalue weighted by molar-refractivity contribution is 6.11. The van der Waals surface area contributed by atoms with Crippen molar-refractivity contribution < 1.29 is 19.2 Å². The molecule has 1 N–H and O–H groups in total. The fourth-order valence-electron chi connectivity index (χ4n) is 4.64. The van der Waals surface area contributed by atoms with Gasteiger partial charge in [-0.05, 0) is 37.3 Å². The van der Waals surface area contributed by atoms with Crippen LogP contribution < -0.4 is 10.2 Å². The van der Waals surface area contributed by atoms with Gasteiger partial charge in [0.15, 0.2) is 5.78 Å². The second-order valence-electron chi connectivity index (χ2n) is 8.06. The van der Waals surface area contributed by atoms with Gasteiger partial charge in [0.1, 0.15) is 5.54 Å². The second-order valence-corrected chi connectivity index (χ2v) is 8.06. The van der Waals surface area contributed by atoms with Gasteiger partial charge in [-0.1, -0.05) is 31.9 Å². The number of nitrogens with one attached hydrogen (secondary N) is 1. The molecular weight excluding hydrogens is 358 g/mol. The Morgan fingerprint density at radius 3 is 2.75 bits per heavy atom. The summed E-state index contributed by atoms with van der Waals surface area (Å²) >= 11 is 0. The van der Waals surface area contributed by atoms with Crippen molar-refractivity contribution >= 4 is 29.3 Å². The number of carbonyl (C=O) groups excluding carboxylic acids is 4. The zero-order valence-corrected chi connectivity index (χ0v) is 16.1. The highest BCUT2D eigenvalue weighted by atomic mass is 16.2. The van der Waals surface area contributed by atoms with E-state index in [0.717, 1.165) is 30.6 Å². The third kappa shape index (κ3) is 2.99. The van der Waals surface area contributed by atoms with Crippen LogP contribution in [0.4, 0.5) is 10.5 Å². The summed E-state index contributed by atoms with van der Waals surface area (Å²) in [6, 6.07) is 6.36. The number of rotatable bonds is 4. The summed E-state index contributed by atoms with van der Waals surface area (Å²) in [7, 11) is 0. The molecule has 1 aromatic carbocycles. The number of anilines is 1. The van der Waals surface area contributed by atoms with E-state index in [0.29, 0.717) is 30.6 Å². The number of amides is 4. The van der Waals surface area contributed by atoms with Gasteiger partial charge in [-0.3, -0.25) is 19.3 Å². The van der Waals surface area contributed by atoms with Crippen molar-refractivity contribution in [2.45, 2.75) is 51.0 Å². The van der Waals surface area contributed by atoms with Crippen LogP contribution in [0.5, 0.6) is 0 Å². The van der Waals surface area contributed by atoms with Crippen LogP contribution in [-0.2, 0) is 9.59 Å². The Balaban J connectivity index is 1.52. The first-order valence-corrected chi connectivity index (χ1v) is 10.00. The van der Waals surface area contributed by atoms with E-state index in [1.54, 1.807) is 29.2 Å². The molecule has 3 fully saturated rings. The molecule has 7 nitrogen and oxygen atoms in total. The van der Waals surface area contributed by atoms with E-state index in [9.17, 15) is 19.2 Å². The zero-order chi connectivity index (χ0) is 19.9. The Bertz CT molecular complexity index is 852. The molecule has 148 valence electrons. The Hall–Kier alpha value is -2.70. The van der Waals surface area contributed by atoms with E-state index in [-0.39, 0.29) is 30.1 Å². The topological polar surface area (TPSA) is 86.8 Å². The first kappa shape index (κ1) is 18.7. The maximum absolute atomic E-state index is 13.0. The minimum atomic E-state index is -0.862. The number of carbonyl (C=O) groups is 4. The molecule has 1 aliphatic carbocycles. The van der Waals surface area contributed by atoms with Crippen LogP contribution in [0.2, 0.25) is 0 Å². The maximum atomic E-state index is 13.0. The van der Waals surface area contributed by atoms with E-state index in [1.807, 2.05) is 6.92 Å². The average Bonchev–Trinajstić information content (AvgIpc) is 3.21. The van der Waals surface area contributed by atoms with Crippen molar-refractivity contribution in [2.24, 2.45) is 5.92 Å². The molecule has 0 unspecified atom stereocenters. The van der Waals surface area contributed by atoms with Gasteiger partial charge in [-0.15, -0.1) is 0 Å². The quantitative estimate of drug-likeness (QED) is 0.639. The van der Waals surface area contributed by atoms with E-state index in [2.05, 4.69) is 5.32 Å². The Labute approximate surface area is 164 Å². The van der Waals surface area contributed by atoms with E-state index >= 15 is 0 Å². The second kappa shape index (κ2) is 7.04. The van der Waals surface area contributed by atoms with Gasteiger partial charge in [0.05, 0.1) is 6.54 Å². The van der Waals surface area contributed by atoms with Crippen LogP contribution in [0.15, 0.2) is 24.3 Å². The number of Topliss-reactive ketones (excluding diaryl/α,β-unsaturated/α-hetero) is 1. The molecule has 2 saturated heterocycles. The number of urea groups is 1. The predicted octanol–water partition coefficient (Wildman–Crippen LogP) is 2.50. The first-order valence-electron chi connectivity index (χ1n) is 10.00. The van der Waals surface area contributed by atoms with Gasteiger partial charge in [-0.2, -0.15) is 0 Å². The van der Waals surface area contributed by atoms with Crippen molar-refractivity contribution in [3.05, 3.63) is 29.8 Å². The summed E-state index contributed by atoms with van der Waals surface area (Å²) in [4.78, 5) is 53.0. The molecule has 2 atom stereocenters. The molecular formula is C21H25N3O4. The van der Waals surface area contributed by atoms with Gasteiger partial charge < -0.3 is 10.2 Å². The van der Waals surface area contributed by atoms with Crippen molar-refractivity contribution in [3.63, 3.8) is 0 Å². The smallest absolute Gasteiger partial charge is 0.323 e. The summed E-state index contributed by atoms with van der Waals surface area (Å²) in [6.45, 7) is 2.35. The van der Waals surface area contributed by atoms with Gasteiger partial charge in [0.25, 0.3) is 5.91 Å². The van der Waals surface area contributed by atoms with Gasteiger partial charge in [-0.25, -0.2) is 4.79 Å². The molecule has 1 spiro atoms. The fourth-order valence-corrected chi connectivity index (χ4v) is 4.64. The number of hydrogen-bond acceptors (Lipinski definition) is 4. The lowest BCUT2D eigenvalue weighted by Crippen LogP contribution is -2.54. The fraction of sp³-hybridized carbons (Fsp3) is 0.524. The van der Waals surface area contributed by atoms with Crippen molar-refractivity contribution in [2.75, 3.05) is 18.0 Å². The average molecular weight is 383 g/mol. The molecule has 0 aromatic heterocycles. The van der Waals surface area contributed by atoms with Crippen LogP contribution in [0.25, 0.3) is 0 Å². The Morgan fingerprint density at radius 1 is 1.21 bits per heavy atom. The molecule has 2 aliphatic heterocycles. The minimum Gasteiger partial charge on any atom is -0.323 e. The van der Waals surface area contributed by atoms with E-state index in [1.165, 1.54) is 0 Å². The number of hydrogen-bond donors (Lipinski definition) is 1. The number of nitrogens with zero attached hydrogens (tertiary/aromatic N) is 2. The lowest BCUT2D eigenvalue weighted by Gasteiger charge is -2.36. The van der Waals surface area contributed by atoms with Crippen molar-refractivity contribution in [1.29, 1.82) is 0 Å². The van der Waals surface area contributed by atoms with E-state index in [4.69, 9.17) is 0 Å².